The summed E-state index contributed by atoms with van der Waals surface area (Å²) < 4.78 is 33.1. The number of aldehydes is 1. The Kier molecular flexibility index (Phi) is 5.04. The largest absolute Gasteiger partial charge is 0.339 e. The molecule has 15 heavy (non-hydrogen) atoms. The van der Waals surface area contributed by atoms with E-state index in [4.69, 9.17) is 9.79 Å². The summed E-state index contributed by atoms with van der Waals surface area (Å²) in [5.41, 5.74) is 0. The van der Waals surface area contributed by atoms with Gasteiger partial charge in [0.1, 0.15) is 12.5 Å². The molecule has 0 spiro atoms. The summed E-state index contributed by atoms with van der Waals surface area (Å²) in [5, 5.41) is 2.13. The van der Waals surface area contributed by atoms with E-state index >= 15 is 0 Å². The molecule has 0 aromatic rings. The number of nitrogens with one attached hydrogen (secondary N) is 1. The third kappa shape index (κ3) is 5.98. The summed E-state index contributed by atoms with van der Waals surface area (Å²) in [5.74, 6) is 0. The Morgan fingerprint density at radius 2 is 2.00 bits per heavy atom. The first-order valence-electron chi connectivity index (χ1n) is 3.74. The molecular weight excluding hydrogens is 247 g/mol. The molecule has 0 aliphatic carbocycles. The second kappa shape index (κ2) is 5.15. The molecule has 3 N–H and O–H groups in total. The third-order valence-corrected chi connectivity index (χ3v) is 3.42. The van der Waals surface area contributed by atoms with E-state index in [0.29, 0.717) is 4.31 Å². The molecule has 0 saturated heterocycles. The van der Waals surface area contributed by atoms with Crippen molar-refractivity contribution in [2.45, 2.75) is 6.17 Å². The molecule has 0 radical (unpaired) electrons. The zero-order valence-corrected chi connectivity index (χ0v) is 9.90. The number of sulfonamides is 1. The van der Waals surface area contributed by atoms with Crippen LogP contribution in [0.1, 0.15) is 0 Å². The molecule has 0 fully saturated rings. The minimum atomic E-state index is -4.32. The Hall–Kier alpha value is -0.310. The first-order valence-corrected chi connectivity index (χ1v) is 7.39. The van der Waals surface area contributed by atoms with Gasteiger partial charge in [-0.05, 0) is 0 Å². The van der Waals surface area contributed by atoms with Crippen molar-refractivity contribution < 1.29 is 27.6 Å². The number of carbonyl (C=O) groups excluding carboxylic acids is 1. The standard InChI is InChI=1S/C5H13N2O6PS/c1-7(15(2,12)13)5(3-8)6-4-14(9,10)11/h3,5-6H,4H2,1-2H3,(H2,9,10,11). The van der Waals surface area contributed by atoms with Crippen molar-refractivity contribution in [3.05, 3.63) is 0 Å². The number of likely N-dealkylation sites (N-methyl/N-ethyl adjacent to an activating group) is 1. The number of carbonyl (C=O) groups is 1. The predicted molar refractivity (Wildman–Crippen MR) is 52.5 cm³/mol. The van der Waals surface area contributed by atoms with Gasteiger partial charge in [0.05, 0.1) is 6.26 Å². The molecule has 1 unspecified atom stereocenters. The van der Waals surface area contributed by atoms with Gasteiger partial charge in [0.2, 0.25) is 10.0 Å². The van der Waals surface area contributed by atoms with Gasteiger partial charge in [-0.2, -0.15) is 4.31 Å². The minimum absolute atomic E-state index is 0.247. The van der Waals surface area contributed by atoms with Crippen LogP contribution in [-0.2, 0) is 19.4 Å². The van der Waals surface area contributed by atoms with Gasteiger partial charge in [-0.15, -0.1) is 0 Å². The summed E-state index contributed by atoms with van der Waals surface area (Å²) in [6, 6.07) is 0. The van der Waals surface area contributed by atoms with Crippen molar-refractivity contribution >= 4 is 23.9 Å². The van der Waals surface area contributed by atoms with Gasteiger partial charge in [0.15, 0.2) is 6.29 Å². The fourth-order valence-electron chi connectivity index (χ4n) is 0.681. The Labute approximate surface area is 87.5 Å². The van der Waals surface area contributed by atoms with E-state index in [1.54, 1.807) is 0 Å². The monoisotopic (exact) mass is 260 g/mol. The molecule has 0 saturated carbocycles. The Bertz CT molecular complexity index is 362. The zero-order valence-electron chi connectivity index (χ0n) is 8.19. The van der Waals surface area contributed by atoms with Crippen LogP contribution in [0.3, 0.4) is 0 Å². The van der Waals surface area contributed by atoms with Gasteiger partial charge < -0.3 is 14.6 Å². The summed E-state index contributed by atoms with van der Waals surface area (Å²) in [7, 11) is -6.79. The molecule has 0 aliphatic rings. The quantitative estimate of drug-likeness (QED) is 0.290. The van der Waals surface area contributed by atoms with Crippen LogP contribution in [0.2, 0.25) is 0 Å². The molecule has 0 amide bonds. The molecule has 10 heteroatoms. The molecule has 0 bridgehead atoms. The van der Waals surface area contributed by atoms with Crippen molar-refractivity contribution in [1.29, 1.82) is 0 Å². The molecular formula is C5H13N2O6PS. The lowest BCUT2D eigenvalue weighted by Crippen LogP contribution is -2.47. The highest BCUT2D eigenvalue weighted by molar-refractivity contribution is 7.88. The van der Waals surface area contributed by atoms with Crippen LogP contribution in [0.15, 0.2) is 0 Å². The minimum Gasteiger partial charge on any atom is -0.324 e. The Balaban J connectivity index is 4.53. The van der Waals surface area contributed by atoms with Gasteiger partial charge in [0, 0.05) is 7.05 Å². The molecule has 0 rings (SSSR count). The van der Waals surface area contributed by atoms with Crippen molar-refractivity contribution in [3.63, 3.8) is 0 Å². The Morgan fingerprint density at radius 1 is 1.53 bits per heavy atom. The van der Waals surface area contributed by atoms with Crippen LogP contribution < -0.4 is 5.32 Å². The SMILES string of the molecule is CN(C(C=O)NCP(=O)(O)O)S(C)(=O)=O. The van der Waals surface area contributed by atoms with E-state index in [9.17, 15) is 17.8 Å². The van der Waals surface area contributed by atoms with Gasteiger partial charge >= 0.3 is 7.60 Å². The van der Waals surface area contributed by atoms with Crippen LogP contribution >= 0.6 is 7.60 Å². The van der Waals surface area contributed by atoms with Crippen molar-refractivity contribution in [3.8, 4) is 0 Å². The van der Waals surface area contributed by atoms with E-state index in [0.717, 1.165) is 13.3 Å². The van der Waals surface area contributed by atoms with Crippen molar-refractivity contribution in [2.75, 3.05) is 19.6 Å². The number of nitrogens with zero attached hydrogens (tertiary/aromatic N) is 1. The first kappa shape index (κ1) is 14.7. The van der Waals surface area contributed by atoms with Crippen molar-refractivity contribution in [2.24, 2.45) is 0 Å². The molecule has 90 valence electrons. The number of hydrogen-bond acceptors (Lipinski definition) is 5. The lowest BCUT2D eigenvalue weighted by atomic mass is 10.6. The fraction of sp³-hybridized carbons (Fsp3) is 0.800. The van der Waals surface area contributed by atoms with Gasteiger partial charge in [-0.3, -0.25) is 9.88 Å². The average Bonchev–Trinajstić information content (AvgIpc) is 2.01. The highest BCUT2D eigenvalue weighted by Gasteiger charge is 2.24. The predicted octanol–water partition coefficient (Wildman–Crippen LogP) is -1.87. The molecule has 1 atom stereocenters. The molecule has 8 nitrogen and oxygen atoms in total. The molecule has 0 aromatic heterocycles. The molecule has 0 heterocycles. The lowest BCUT2D eigenvalue weighted by Gasteiger charge is -2.22. The summed E-state index contributed by atoms with van der Waals surface area (Å²) >= 11 is 0. The van der Waals surface area contributed by atoms with Crippen LogP contribution in [0.25, 0.3) is 0 Å². The van der Waals surface area contributed by atoms with Crippen molar-refractivity contribution in [1.82, 2.24) is 9.62 Å². The summed E-state index contributed by atoms with van der Waals surface area (Å²) in [4.78, 5) is 27.5. The van der Waals surface area contributed by atoms with E-state index in [1.165, 1.54) is 0 Å². The maximum absolute atomic E-state index is 11.0. The second-order valence-corrected chi connectivity index (χ2v) is 6.57. The molecule has 0 aliphatic heterocycles. The lowest BCUT2D eigenvalue weighted by molar-refractivity contribution is -0.111. The zero-order chi connectivity index (χ0) is 12.3. The normalized spacial score (nSPS) is 15.3. The highest BCUT2D eigenvalue weighted by atomic mass is 32.2. The first-order chi connectivity index (χ1) is 6.58. The van der Waals surface area contributed by atoms with Gasteiger partial charge in [-0.1, -0.05) is 0 Å². The van der Waals surface area contributed by atoms with Crippen LogP contribution in [0.5, 0.6) is 0 Å². The number of rotatable bonds is 6. The second-order valence-electron chi connectivity index (χ2n) is 2.89. The van der Waals surface area contributed by atoms with Gasteiger partial charge in [-0.25, -0.2) is 8.42 Å². The van der Waals surface area contributed by atoms with Crippen LogP contribution in [0.4, 0.5) is 0 Å². The maximum Gasteiger partial charge on any atom is 0.339 e. The topological polar surface area (TPSA) is 124 Å². The van der Waals surface area contributed by atoms with Crippen LogP contribution in [0, 0.1) is 0 Å². The third-order valence-electron chi connectivity index (χ3n) is 1.55. The average molecular weight is 260 g/mol. The fourth-order valence-corrected chi connectivity index (χ4v) is 1.64. The highest BCUT2D eigenvalue weighted by Crippen LogP contribution is 2.32. The van der Waals surface area contributed by atoms with E-state index in [1.807, 2.05) is 0 Å². The Morgan fingerprint density at radius 3 is 2.27 bits per heavy atom. The maximum atomic E-state index is 11.0. The summed E-state index contributed by atoms with van der Waals surface area (Å²) in [6.45, 7) is 0. The van der Waals surface area contributed by atoms with Crippen LogP contribution in [-0.4, -0.2) is 54.6 Å². The van der Waals surface area contributed by atoms with Gasteiger partial charge in [0.25, 0.3) is 0 Å². The number of hydrogen-bond donors (Lipinski definition) is 3. The van der Waals surface area contributed by atoms with E-state index in [2.05, 4.69) is 5.32 Å². The summed E-state index contributed by atoms with van der Waals surface area (Å²) in [6.07, 6.45) is -0.928. The van der Waals surface area contributed by atoms with E-state index < -0.39 is 30.1 Å². The molecule has 0 aromatic carbocycles. The van der Waals surface area contributed by atoms with E-state index in [-0.39, 0.29) is 6.29 Å². The smallest absolute Gasteiger partial charge is 0.324 e.